The summed E-state index contributed by atoms with van der Waals surface area (Å²) in [6.45, 7) is 5.88. The molecule has 0 saturated heterocycles. The van der Waals surface area contributed by atoms with E-state index in [1.807, 2.05) is 11.3 Å². The minimum atomic E-state index is 0.434. The molecule has 1 heterocycles. The summed E-state index contributed by atoms with van der Waals surface area (Å²) in [5.41, 5.74) is 1.94. The topological polar surface area (TPSA) is 12.0 Å². The Labute approximate surface area is 96.9 Å². The van der Waals surface area contributed by atoms with Crippen molar-refractivity contribution in [3.63, 3.8) is 0 Å². The van der Waals surface area contributed by atoms with E-state index in [1.165, 1.54) is 37.8 Å². The van der Waals surface area contributed by atoms with E-state index in [2.05, 4.69) is 36.0 Å². The van der Waals surface area contributed by atoms with Crippen LogP contribution in [0.2, 0.25) is 0 Å². The molecule has 0 bridgehead atoms. The van der Waals surface area contributed by atoms with Gasteiger partial charge < -0.3 is 5.32 Å². The lowest BCUT2D eigenvalue weighted by Gasteiger charge is -2.28. The summed E-state index contributed by atoms with van der Waals surface area (Å²) in [6, 6.07) is 3.09. The number of nitrogens with one attached hydrogen (secondary N) is 1. The van der Waals surface area contributed by atoms with Gasteiger partial charge in [0.15, 0.2) is 0 Å². The van der Waals surface area contributed by atoms with Crippen molar-refractivity contribution in [2.24, 2.45) is 5.41 Å². The first-order chi connectivity index (χ1) is 7.22. The van der Waals surface area contributed by atoms with E-state index in [9.17, 15) is 0 Å². The van der Waals surface area contributed by atoms with Crippen LogP contribution in [0, 0.1) is 5.41 Å². The Kier molecular flexibility index (Phi) is 3.47. The highest BCUT2D eigenvalue weighted by Crippen LogP contribution is 2.28. The average molecular weight is 223 g/mol. The molecule has 0 radical (unpaired) electrons. The smallest absolute Gasteiger partial charge is 0.00684 e. The van der Waals surface area contributed by atoms with Crippen molar-refractivity contribution in [2.45, 2.75) is 45.6 Å². The van der Waals surface area contributed by atoms with Gasteiger partial charge in [0.1, 0.15) is 0 Å². The first-order valence-corrected chi connectivity index (χ1v) is 6.90. The minimum Gasteiger partial charge on any atom is -0.313 e. The third kappa shape index (κ3) is 3.32. The molecule has 1 atom stereocenters. The Morgan fingerprint density at radius 1 is 1.53 bits per heavy atom. The molecule has 1 aliphatic carbocycles. The normalized spacial score (nSPS) is 20.1. The van der Waals surface area contributed by atoms with Gasteiger partial charge in [0.2, 0.25) is 0 Å². The zero-order chi connectivity index (χ0) is 10.7. The zero-order valence-corrected chi connectivity index (χ0v) is 10.6. The van der Waals surface area contributed by atoms with E-state index >= 15 is 0 Å². The number of hydrogen-bond donors (Lipinski definition) is 1. The van der Waals surface area contributed by atoms with E-state index in [1.54, 1.807) is 0 Å². The lowest BCUT2D eigenvalue weighted by Crippen LogP contribution is -2.34. The number of hydrogen-bond acceptors (Lipinski definition) is 2. The molecule has 1 aliphatic rings. The zero-order valence-electron chi connectivity index (χ0n) is 9.75. The van der Waals surface area contributed by atoms with Gasteiger partial charge in [-0.1, -0.05) is 13.8 Å². The summed E-state index contributed by atoms with van der Waals surface area (Å²) < 4.78 is 0. The molecule has 1 saturated carbocycles. The highest BCUT2D eigenvalue weighted by atomic mass is 32.1. The highest BCUT2D eigenvalue weighted by molar-refractivity contribution is 7.07. The van der Waals surface area contributed by atoms with Gasteiger partial charge in [-0.15, -0.1) is 0 Å². The van der Waals surface area contributed by atoms with Crippen LogP contribution in [0.4, 0.5) is 0 Å². The Bertz CT molecular complexity index is 289. The lowest BCUT2D eigenvalue weighted by atomic mass is 9.82. The molecular formula is C13H21NS. The van der Waals surface area contributed by atoms with Gasteiger partial charge in [0, 0.05) is 12.6 Å². The molecule has 1 N–H and O–H groups in total. The maximum Gasteiger partial charge on any atom is 0.00684 e. The summed E-state index contributed by atoms with van der Waals surface area (Å²) in [5.74, 6) is 0. The predicted octanol–water partition coefficient (Wildman–Crippen LogP) is 3.46. The molecule has 1 aromatic heterocycles. The van der Waals surface area contributed by atoms with E-state index in [0.717, 1.165) is 6.04 Å². The molecule has 1 nitrogen and oxygen atoms in total. The van der Waals surface area contributed by atoms with E-state index in [-0.39, 0.29) is 0 Å². The molecule has 0 aromatic carbocycles. The van der Waals surface area contributed by atoms with Crippen molar-refractivity contribution in [3.05, 3.63) is 22.4 Å². The summed E-state index contributed by atoms with van der Waals surface area (Å²) in [5, 5.41) is 8.13. The summed E-state index contributed by atoms with van der Waals surface area (Å²) in [6.07, 6.45) is 5.24. The van der Waals surface area contributed by atoms with Crippen LogP contribution in [-0.4, -0.2) is 12.6 Å². The van der Waals surface area contributed by atoms with Crippen LogP contribution in [0.25, 0.3) is 0 Å². The van der Waals surface area contributed by atoms with Crippen molar-refractivity contribution in [1.82, 2.24) is 5.32 Å². The third-order valence-electron chi connectivity index (χ3n) is 3.46. The maximum absolute atomic E-state index is 3.66. The van der Waals surface area contributed by atoms with Crippen molar-refractivity contribution in [3.8, 4) is 0 Å². The first kappa shape index (κ1) is 11.2. The van der Waals surface area contributed by atoms with Crippen LogP contribution < -0.4 is 5.32 Å². The Balaban J connectivity index is 1.87. The number of thiophene rings is 1. The van der Waals surface area contributed by atoms with Gasteiger partial charge in [-0.25, -0.2) is 0 Å². The molecule has 0 amide bonds. The molecule has 1 fully saturated rings. The van der Waals surface area contributed by atoms with Gasteiger partial charge in [0.05, 0.1) is 0 Å². The largest absolute Gasteiger partial charge is 0.313 e. The van der Waals surface area contributed by atoms with E-state index in [0.29, 0.717) is 5.41 Å². The molecule has 0 spiro atoms. The summed E-state index contributed by atoms with van der Waals surface area (Å²) in [4.78, 5) is 0. The molecule has 2 rings (SSSR count). The lowest BCUT2D eigenvalue weighted by molar-refractivity contribution is 0.289. The van der Waals surface area contributed by atoms with E-state index < -0.39 is 0 Å². The predicted molar refractivity (Wildman–Crippen MR) is 67.4 cm³/mol. The third-order valence-corrected chi connectivity index (χ3v) is 4.19. The SMILES string of the molecule is CCC(C)(CNC1CC1)Cc1ccsc1. The van der Waals surface area contributed by atoms with Crippen LogP contribution >= 0.6 is 11.3 Å². The summed E-state index contributed by atoms with van der Waals surface area (Å²) in [7, 11) is 0. The van der Waals surface area contributed by atoms with Crippen molar-refractivity contribution in [1.29, 1.82) is 0 Å². The van der Waals surface area contributed by atoms with Crippen LogP contribution in [0.5, 0.6) is 0 Å². The number of rotatable bonds is 6. The molecule has 2 heteroatoms. The Morgan fingerprint density at radius 3 is 2.87 bits per heavy atom. The molecular weight excluding hydrogens is 202 g/mol. The maximum atomic E-state index is 3.66. The fourth-order valence-electron chi connectivity index (χ4n) is 1.88. The molecule has 1 aromatic rings. The fourth-order valence-corrected chi connectivity index (χ4v) is 2.55. The minimum absolute atomic E-state index is 0.434. The van der Waals surface area contributed by atoms with Crippen LogP contribution in [0.15, 0.2) is 16.8 Å². The van der Waals surface area contributed by atoms with Gasteiger partial charge in [0.25, 0.3) is 0 Å². The average Bonchev–Trinajstić information content (AvgIpc) is 2.94. The van der Waals surface area contributed by atoms with Gasteiger partial charge in [-0.2, -0.15) is 11.3 Å². The van der Waals surface area contributed by atoms with Crippen LogP contribution in [0.3, 0.4) is 0 Å². The Morgan fingerprint density at radius 2 is 2.33 bits per heavy atom. The monoisotopic (exact) mass is 223 g/mol. The van der Waals surface area contributed by atoms with Crippen molar-refractivity contribution >= 4 is 11.3 Å². The van der Waals surface area contributed by atoms with Crippen LogP contribution in [-0.2, 0) is 6.42 Å². The van der Waals surface area contributed by atoms with Gasteiger partial charge in [-0.3, -0.25) is 0 Å². The molecule has 1 unspecified atom stereocenters. The molecule has 84 valence electrons. The van der Waals surface area contributed by atoms with E-state index in [4.69, 9.17) is 0 Å². The van der Waals surface area contributed by atoms with Crippen molar-refractivity contribution < 1.29 is 0 Å². The Hall–Kier alpha value is -0.340. The second-order valence-electron chi connectivity index (χ2n) is 5.13. The van der Waals surface area contributed by atoms with Crippen LogP contribution in [0.1, 0.15) is 38.7 Å². The van der Waals surface area contributed by atoms with Gasteiger partial charge in [-0.05, 0) is 53.5 Å². The first-order valence-electron chi connectivity index (χ1n) is 5.96. The second kappa shape index (κ2) is 4.67. The molecule has 0 aliphatic heterocycles. The van der Waals surface area contributed by atoms with Gasteiger partial charge >= 0.3 is 0 Å². The fraction of sp³-hybridized carbons (Fsp3) is 0.692. The quantitative estimate of drug-likeness (QED) is 0.779. The second-order valence-corrected chi connectivity index (χ2v) is 5.91. The molecule has 15 heavy (non-hydrogen) atoms. The standard InChI is InChI=1S/C13H21NS/c1-3-13(2,10-14-12-4-5-12)8-11-6-7-15-9-11/h6-7,9,12,14H,3-5,8,10H2,1-2H3. The highest BCUT2D eigenvalue weighted by Gasteiger charge is 2.27. The summed E-state index contributed by atoms with van der Waals surface area (Å²) >= 11 is 1.81. The van der Waals surface area contributed by atoms with Crippen molar-refractivity contribution in [2.75, 3.05) is 6.54 Å².